The molecule has 1 N–H and O–H groups in total. The maximum atomic E-state index is 14.5. The molecule has 1 aliphatic rings. The minimum atomic E-state index is -0.372. The first-order valence-corrected chi connectivity index (χ1v) is 7.90. The number of benzene rings is 1. The summed E-state index contributed by atoms with van der Waals surface area (Å²) < 4.78 is 14.5. The number of halogens is 5. The highest BCUT2D eigenvalue weighted by Crippen LogP contribution is 2.38. The molecular formula is C15H23Cl4FN2. The molecule has 7 heteroatoms. The van der Waals surface area contributed by atoms with Crippen molar-refractivity contribution >= 4 is 48.0 Å². The highest BCUT2D eigenvalue weighted by atomic mass is 35.5. The van der Waals surface area contributed by atoms with Crippen molar-refractivity contribution in [2.24, 2.45) is 5.92 Å². The molecule has 0 aliphatic carbocycles. The van der Waals surface area contributed by atoms with Gasteiger partial charge in [-0.3, -0.25) is 4.90 Å². The second-order valence-electron chi connectivity index (χ2n) is 5.37. The SMILES string of the molecule is CCC(C)[C@H](c1c(Cl)ccc(Cl)c1F)N1CCNCC1.Cl.Cl. The lowest BCUT2D eigenvalue weighted by Gasteiger charge is -2.39. The van der Waals surface area contributed by atoms with Crippen molar-refractivity contribution < 1.29 is 4.39 Å². The first-order chi connectivity index (χ1) is 9.56. The molecule has 2 nitrogen and oxygen atoms in total. The van der Waals surface area contributed by atoms with Crippen LogP contribution in [0.4, 0.5) is 4.39 Å². The van der Waals surface area contributed by atoms with Crippen molar-refractivity contribution in [2.45, 2.75) is 26.3 Å². The molecule has 1 aromatic rings. The van der Waals surface area contributed by atoms with Crippen LogP contribution in [0.1, 0.15) is 31.9 Å². The fourth-order valence-corrected chi connectivity index (χ4v) is 3.25. The summed E-state index contributed by atoms with van der Waals surface area (Å²) in [7, 11) is 0. The standard InChI is InChI=1S/C15H21Cl2FN2.2ClH/c1-3-10(2)15(20-8-6-19-7-9-20)13-11(16)4-5-12(17)14(13)18;;/h4-5,10,15,19H,3,6-9H2,1-2H3;2*1H/t10?,15-;;/m1../s1. The van der Waals surface area contributed by atoms with Gasteiger partial charge in [-0.1, -0.05) is 43.5 Å². The third kappa shape index (κ3) is 4.86. The zero-order valence-corrected chi connectivity index (χ0v) is 15.9. The molecule has 0 amide bonds. The van der Waals surface area contributed by atoms with E-state index in [1.54, 1.807) is 6.07 Å². The lowest BCUT2D eigenvalue weighted by molar-refractivity contribution is 0.125. The second kappa shape index (κ2) is 10.2. The molecule has 1 aliphatic heterocycles. The quantitative estimate of drug-likeness (QED) is 0.729. The van der Waals surface area contributed by atoms with Crippen LogP contribution in [0.2, 0.25) is 10.0 Å². The number of rotatable bonds is 4. The number of hydrogen-bond acceptors (Lipinski definition) is 2. The van der Waals surface area contributed by atoms with E-state index in [0.29, 0.717) is 16.5 Å². The Morgan fingerprint density at radius 3 is 2.27 bits per heavy atom. The van der Waals surface area contributed by atoms with Gasteiger partial charge in [-0.05, 0) is 18.1 Å². The number of nitrogens with zero attached hydrogens (tertiary/aromatic N) is 1. The average molecular weight is 392 g/mol. The molecule has 2 atom stereocenters. The molecule has 1 heterocycles. The minimum Gasteiger partial charge on any atom is -0.314 e. The topological polar surface area (TPSA) is 15.3 Å². The largest absolute Gasteiger partial charge is 0.314 e. The van der Waals surface area contributed by atoms with E-state index in [0.717, 1.165) is 32.6 Å². The molecular weight excluding hydrogens is 369 g/mol. The van der Waals surface area contributed by atoms with Crippen LogP contribution in [-0.2, 0) is 0 Å². The van der Waals surface area contributed by atoms with Crippen LogP contribution in [-0.4, -0.2) is 31.1 Å². The third-order valence-corrected chi connectivity index (χ3v) is 4.72. The van der Waals surface area contributed by atoms with E-state index in [9.17, 15) is 4.39 Å². The number of nitrogens with one attached hydrogen (secondary N) is 1. The van der Waals surface area contributed by atoms with Gasteiger partial charge in [0, 0.05) is 42.8 Å². The van der Waals surface area contributed by atoms with Crippen LogP contribution in [0.25, 0.3) is 0 Å². The monoisotopic (exact) mass is 390 g/mol. The maximum absolute atomic E-state index is 14.5. The summed E-state index contributed by atoms with van der Waals surface area (Å²) in [6.07, 6.45) is 0.969. The van der Waals surface area contributed by atoms with Gasteiger partial charge in [-0.25, -0.2) is 4.39 Å². The maximum Gasteiger partial charge on any atom is 0.148 e. The van der Waals surface area contributed by atoms with E-state index in [1.165, 1.54) is 6.07 Å². The average Bonchev–Trinajstić information content (AvgIpc) is 2.48. The summed E-state index contributed by atoms with van der Waals surface area (Å²) >= 11 is 12.2. The van der Waals surface area contributed by atoms with Crippen molar-refractivity contribution in [2.75, 3.05) is 26.2 Å². The molecule has 1 fully saturated rings. The van der Waals surface area contributed by atoms with Crippen LogP contribution in [0.5, 0.6) is 0 Å². The fraction of sp³-hybridized carbons (Fsp3) is 0.600. The van der Waals surface area contributed by atoms with Gasteiger partial charge in [0.15, 0.2) is 0 Å². The summed E-state index contributed by atoms with van der Waals surface area (Å²) in [6.45, 7) is 7.91. The normalized spacial score (nSPS) is 18.0. The summed E-state index contributed by atoms with van der Waals surface area (Å²) in [5, 5.41) is 3.94. The Balaban J connectivity index is 0.00000220. The predicted molar refractivity (Wildman–Crippen MR) is 97.6 cm³/mol. The smallest absolute Gasteiger partial charge is 0.148 e. The molecule has 0 aromatic heterocycles. The van der Waals surface area contributed by atoms with Crippen LogP contribution in [0.3, 0.4) is 0 Å². The highest BCUT2D eigenvalue weighted by molar-refractivity contribution is 6.33. The summed E-state index contributed by atoms with van der Waals surface area (Å²) in [4.78, 5) is 2.31. The van der Waals surface area contributed by atoms with E-state index >= 15 is 0 Å². The Kier molecular flexibility index (Phi) is 10.3. The Labute approximate surface area is 154 Å². The molecule has 22 heavy (non-hydrogen) atoms. The van der Waals surface area contributed by atoms with Crippen LogP contribution >= 0.6 is 48.0 Å². The van der Waals surface area contributed by atoms with Crippen LogP contribution < -0.4 is 5.32 Å². The predicted octanol–water partition coefficient (Wildman–Crippen LogP) is 4.97. The molecule has 2 rings (SSSR count). The van der Waals surface area contributed by atoms with Crippen molar-refractivity contribution in [3.05, 3.63) is 33.6 Å². The van der Waals surface area contributed by atoms with Crippen molar-refractivity contribution in [1.29, 1.82) is 0 Å². The van der Waals surface area contributed by atoms with Gasteiger partial charge in [-0.15, -0.1) is 24.8 Å². The van der Waals surface area contributed by atoms with Gasteiger partial charge in [0.05, 0.1) is 5.02 Å². The molecule has 0 spiro atoms. The molecule has 0 bridgehead atoms. The lowest BCUT2D eigenvalue weighted by atomic mass is 9.90. The molecule has 1 saturated heterocycles. The van der Waals surface area contributed by atoms with Crippen LogP contribution in [0.15, 0.2) is 12.1 Å². The zero-order chi connectivity index (χ0) is 14.7. The zero-order valence-electron chi connectivity index (χ0n) is 12.7. The first kappa shape index (κ1) is 22.2. The molecule has 0 saturated carbocycles. The van der Waals surface area contributed by atoms with Gasteiger partial charge in [0.1, 0.15) is 5.82 Å². The van der Waals surface area contributed by atoms with Crippen molar-refractivity contribution in [3.8, 4) is 0 Å². The van der Waals surface area contributed by atoms with E-state index < -0.39 is 0 Å². The lowest BCUT2D eigenvalue weighted by Crippen LogP contribution is -2.46. The summed E-state index contributed by atoms with van der Waals surface area (Å²) in [5.41, 5.74) is 0.551. The molecule has 1 unspecified atom stereocenters. The second-order valence-corrected chi connectivity index (χ2v) is 6.19. The van der Waals surface area contributed by atoms with E-state index in [1.807, 2.05) is 0 Å². The third-order valence-electron chi connectivity index (χ3n) is 4.10. The van der Waals surface area contributed by atoms with Gasteiger partial charge >= 0.3 is 0 Å². The van der Waals surface area contributed by atoms with Crippen molar-refractivity contribution in [1.82, 2.24) is 10.2 Å². The molecule has 1 aromatic carbocycles. The van der Waals surface area contributed by atoms with Crippen LogP contribution in [0, 0.1) is 11.7 Å². The Morgan fingerprint density at radius 2 is 1.73 bits per heavy atom. The summed E-state index contributed by atoms with van der Waals surface area (Å²) in [6, 6.07) is 3.20. The van der Waals surface area contributed by atoms with Crippen molar-refractivity contribution in [3.63, 3.8) is 0 Å². The van der Waals surface area contributed by atoms with Gasteiger partial charge in [0.2, 0.25) is 0 Å². The molecule has 0 radical (unpaired) electrons. The minimum absolute atomic E-state index is 0. The summed E-state index contributed by atoms with van der Waals surface area (Å²) in [5.74, 6) is -0.0541. The van der Waals surface area contributed by atoms with E-state index in [4.69, 9.17) is 23.2 Å². The molecule has 128 valence electrons. The Bertz CT molecular complexity index is 467. The highest BCUT2D eigenvalue weighted by Gasteiger charge is 2.31. The Hall–Kier alpha value is 0.230. The Morgan fingerprint density at radius 1 is 1.18 bits per heavy atom. The fourth-order valence-electron chi connectivity index (χ4n) is 2.82. The number of hydrogen-bond donors (Lipinski definition) is 1. The van der Waals surface area contributed by atoms with E-state index in [-0.39, 0.29) is 41.7 Å². The van der Waals surface area contributed by atoms with Gasteiger partial charge < -0.3 is 5.32 Å². The van der Waals surface area contributed by atoms with Gasteiger partial charge in [-0.2, -0.15) is 0 Å². The number of piperazine rings is 1. The first-order valence-electron chi connectivity index (χ1n) is 7.14. The van der Waals surface area contributed by atoms with Gasteiger partial charge in [0.25, 0.3) is 0 Å². The van der Waals surface area contributed by atoms with E-state index in [2.05, 4.69) is 24.1 Å².